The molecule has 0 saturated carbocycles. The Kier molecular flexibility index (Phi) is 3.43. The van der Waals surface area contributed by atoms with E-state index in [2.05, 4.69) is 15.0 Å². The zero-order chi connectivity index (χ0) is 11.4. The van der Waals surface area contributed by atoms with Crippen molar-refractivity contribution < 1.29 is 0 Å². The van der Waals surface area contributed by atoms with Gasteiger partial charge in [0.15, 0.2) is 0 Å². The maximum atomic E-state index is 11.4. The topological polar surface area (TPSA) is 84.7 Å². The van der Waals surface area contributed by atoms with Crippen LogP contribution in [0.2, 0.25) is 0 Å². The minimum atomic E-state index is -0.134. The van der Waals surface area contributed by atoms with E-state index >= 15 is 0 Å². The molecule has 0 atom stereocenters. The van der Waals surface area contributed by atoms with Crippen LogP contribution in [-0.2, 0) is 12.8 Å². The summed E-state index contributed by atoms with van der Waals surface area (Å²) in [5.74, 6) is 0.640. The summed E-state index contributed by atoms with van der Waals surface area (Å²) in [5.41, 5.74) is 6.03. The third kappa shape index (κ3) is 2.74. The van der Waals surface area contributed by atoms with Gasteiger partial charge >= 0.3 is 0 Å². The van der Waals surface area contributed by atoms with E-state index in [9.17, 15) is 4.79 Å². The fraction of sp³-hybridized carbons (Fsp3) is 0.300. The van der Waals surface area contributed by atoms with Gasteiger partial charge in [-0.25, -0.2) is 9.97 Å². The smallest absolute Gasteiger partial charge is 0.251 e. The second-order valence-corrected chi connectivity index (χ2v) is 4.30. The van der Waals surface area contributed by atoms with Crippen molar-refractivity contribution in [2.75, 3.05) is 6.54 Å². The second-order valence-electron chi connectivity index (χ2n) is 3.32. The molecular weight excluding hydrogens is 224 g/mol. The lowest BCUT2D eigenvalue weighted by molar-refractivity contribution is 0.832. The fourth-order valence-corrected chi connectivity index (χ4v) is 2.04. The zero-order valence-corrected chi connectivity index (χ0v) is 9.46. The molecule has 0 radical (unpaired) electrons. The average molecular weight is 236 g/mol. The summed E-state index contributed by atoms with van der Waals surface area (Å²) in [6.07, 6.45) is 2.92. The standard InChI is InChI=1S/C10H12N4OS/c11-2-1-8-13-7(5-9(15)14-8)6-10-12-3-4-16-10/h3-5H,1-2,6,11H2,(H,13,14,15). The van der Waals surface area contributed by atoms with Gasteiger partial charge in [0, 0.05) is 30.5 Å². The van der Waals surface area contributed by atoms with Gasteiger partial charge < -0.3 is 10.7 Å². The van der Waals surface area contributed by atoms with Crippen molar-refractivity contribution in [3.8, 4) is 0 Å². The summed E-state index contributed by atoms with van der Waals surface area (Å²) < 4.78 is 0. The minimum absolute atomic E-state index is 0.134. The van der Waals surface area contributed by atoms with Crippen LogP contribution in [0.25, 0.3) is 0 Å². The summed E-state index contributed by atoms with van der Waals surface area (Å²) in [6, 6.07) is 1.50. The van der Waals surface area contributed by atoms with Gasteiger partial charge in [-0.2, -0.15) is 0 Å². The van der Waals surface area contributed by atoms with Crippen LogP contribution < -0.4 is 11.3 Å². The highest BCUT2D eigenvalue weighted by Crippen LogP contribution is 2.08. The Morgan fingerprint density at radius 1 is 1.50 bits per heavy atom. The lowest BCUT2D eigenvalue weighted by Gasteiger charge is -2.01. The van der Waals surface area contributed by atoms with E-state index in [-0.39, 0.29) is 5.56 Å². The van der Waals surface area contributed by atoms with Crippen LogP contribution in [-0.4, -0.2) is 21.5 Å². The molecule has 0 spiro atoms. The van der Waals surface area contributed by atoms with E-state index in [0.717, 1.165) is 10.7 Å². The van der Waals surface area contributed by atoms with Gasteiger partial charge in [0.25, 0.3) is 5.56 Å². The number of nitrogens with two attached hydrogens (primary N) is 1. The largest absolute Gasteiger partial charge is 0.330 e. The Morgan fingerprint density at radius 2 is 2.38 bits per heavy atom. The van der Waals surface area contributed by atoms with Crippen LogP contribution >= 0.6 is 11.3 Å². The molecule has 2 rings (SSSR count). The predicted molar refractivity (Wildman–Crippen MR) is 62.5 cm³/mol. The van der Waals surface area contributed by atoms with Crippen LogP contribution in [0.4, 0.5) is 0 Å². The minimum Gasteiger partial charge on any atom is -0.330 e. The number of nitrogens with zero attached hydrogens (tertiary/aromatic N) is 2. The molecule has 0 aliphatic heterocycles. The number of thiazole rings is 1. The van der Waals surface area contributed by atoms with Gasteiger partial charge in [-0.05, 0) is 6.54 Å². The molecule has 3 N–H and O–H groups in total. The predicted octanol–water partition coefficient (Wildman–Crippen LogP) is 0.318. The highest BCUT2D eigenvalue weighted by molar-refractivity contribution is 7.09. The lowest BCUT2D eigenvalue weighted by Crippen LogP contribution is -2.16. The highest BCUT2D eigenvalue weighted by atomic mass is 32.1. The van der Waals surface area contributed by atoms with Crippen molar-refractivity contribution in [3.05, 3.63) is 44.5 Å². The van der Waals surface area contributed by atoms with Crippen LogP contribution in [0.3, 0.4) is 0 Å². The van der Waals surface area contributed by atoms with E-state index in [4.69, 9.17) is 5.73 Å². The summed E-state index contributed by atoms with van der Waals surface area (Å²) in [4.78, 5) is 22.5. The highest BCUT2D eigenvalue weighted by Gasteiger charge is 2.03. The van der Waals surface area contributed by atoms with E-state index in [1.165, 1.54) is 6.07 Å². The molecular formula is C10H12N4OS. The summed E-state index contributed by atoms with van der Waals surface area (Å²) >= 11 is 1.55. The van der Waals surface area contributed by atoms with Gasteiger partial charge in [-0.1, -0.05) is 0 Å². The molecule has 0 saturated heterocycles. The third-order valence-electron chi connectivity index (χ3n) is 2.04. The summed E-state index contributed by atoms with van der Waals surface area (Å²) in [6.45, 7) is 0.476. The Hall–Kier alpha value is -1.53. The maximum Gasteiger partial charge on any atom is 0.251 e. The monoisotopic (exact) mass is 236 g/mol. The zero-order valence-electron chi connectivity index (χ0n) is 8.64. The average Bonchev–Trinajstić information content (AvgIpc) is 2.70. The molecule has 6 heteroatoms. The summed E-state index contributed by atoms with van der Waals surface area (Å²) in [5, 5.41) is 2.86. The first-order chi connectivity index (χ1) is 7.78. The molecule has 0 aromatic carbocycles. The maximum absolute atomic E-state index is 11.4. The Bertz CT molecular complexity index is 506. The van der Waals surface area contributed by atoms with Crippen molar-refractivity contribution in [3.63, 3.8) is 0 Å². The molecule has 2 aromatic rings. The van der Waals surface area contributed by atoms with Crippen LogP contribution in [0, 0.1) is 0 Å². The number of H-pyrrole nitrogens is 1. The van der Waals surface area contributed by atoms with Crippen molar-refractivity contribution in [1.82, 2.24) is 15.0 Å². The quantitative estimate of drug-likeness (QED) is 0.800. The molecule has 0 aliphatic rings. The molecule has 0 bridgehead atoms. The number of aromatic nitrogens is 3. The van der Waals surface area contributed by atoms with Crippen molar-refractivity contribution >= 4 is 11.3 Å². The molecule has 84 valence electrons. The molecule has 0 fully saturated rings. The Balaban J connectivity index is 2.23. The first-order valence-corrected chi connectivity index (χ1v) is 5.83. The van der Waals surface area contributed by atoms with E-state index < -0.39 is 0 Å². The molecule has 0 aliphatic carbocycles. The molecule has 0 amide bonds. The van der Waals surface area contributed by atoms with Crippen LogP contribution in [0.1, 0.15) is 16.5 Å². The number of hydrogen-bond donors (Lipinski definition) is 2. The number of rotatable bonds is 4. The Morgan fingerprint density at radius 3 is 3.06 bits per heavy atom. The van der Waals surface area contributed by atoms with Gasteiger partial charge in [0.05, 0.1) is 10.7 Å². The Labute approximate surface area is 96.4 Å². The summed E-state index contributed by atoms with van der Waals surface area (Å²) in [7, 11) is 0. The van der Waals surface area contributed by atoms with E-state index in [0.29, 0.717) is 25.2 Å². The second kappa shape index (κ2) is 5.00. The van der Waals surface area contributed by atoms with Gasteiger partial charge in [-0.3, -0.25) is 4.79 Å². The lowest BCUT2D eigenvalue weighted by atomic mass is 10.3. The number of hydrogen-bond acceptors (Lipinski definition) is 5. The first-order valence-electron chi connectivity index (χ1n) is 4.95. The first kappa shape index (κ1) is 11.0. The number of nitrogens with one attached hydrogen (secondary N) is 1. The fourth-order valence-electron chi connectivity index (χ4n) is 1.40. The van der Waals surface area contributed by atoms with E-state index in [1.807, 2.05) is 5.38 Å². The van der Waals surface area contributed by atoms with Crippen LogP contribution in [0.5, 0.6) is 0 Å². The van der Waals surface area contributed by atoms with Gasteiger partial charge in [0.1, 0.15) is 5.82 Å². The van der Waals surface area contributed by atoms with Gasteiger partial charge in [0.2, 0.25) is 0 Å². The van der Waals surface area contributed by atoms with Gasteiger partial charge in [-0.15, -0.1) is 11.3 Å². The molecule has 5 nitrogen and oxygen atoms in total. The molecule has 2 heterocycles. The van der Waals surface area contributed by atoms with Crippen molar-refractivity contribution in [1.29, 1.82) is 0 Å². The van der Waals surface area contributed by atoms with Crippen molar-refractivity contribution in [2.24, 2.45) is 5.73 Å². The third-order valence-corrected chi connectivity index (χ3v) is 2.82. The number of aromatic amines is 1. The van der Waals surface area contributed by atoms with Crippen LogP contribution in [0.15, 0.2) is 22.4 Å². The SMILES string of the molecule is NCCc1nc(Cc2nccs2)cc(=O)[nH]1. The normalized spacial score (nSPS) is 10.6. The molecule has 2 aromatic heterocycles. The molecule has 16 heavy (non-hydrogen) atoms. The van der Waals surface area contributed by atoms with E-state index in [1.54, 1.807) is 17.5 Å². The van der Waals surface area contributed by atoms with Crippen molar-refractivity contribution in [2.45, 2.75) is 12.8 Å². The molecule has 0 unspecified atom stereocenters.